The zero-order valence-corrected chi connectivity index (χ0v) is 10.5. The van der Waals surface area contributed by atoms with Crippen LogP contribution in [0.5, 0.6) is 0 Å². The summed E-state index contributed by atoms with van der Waals surface area (Å²) in [5.74, 6) is 2.64. The molecule has 0 aliphatic rings. The standard InChI is InChI=1S/C13H16BrN/c1-3-4-7-10-15-11(2)12-8-5-6-9-13(12)14/h1,5-6,8-9,11,15H,4,7,10H2,2H3/t11-/m1/s1. The maximum absolute atomic E-state index is 5.20. The van der Waals surface area contributed by atoms with Crippen molar-refractivity contribution in [1.82, 2.24) is 5.32 Å². The highest BCUT2D eigenvalue weighted by Gasteiger charge is 2.06. The average Bonchev–Trinajstić information content (AvgIpc) is 2.25. The van der Waals surface area contributed by atoms with Gasteiger partial charge in [0.05, 0.1) is 0 Å². The minimum absolute atomic E-state index is 0.360. The third-order valence-electron chi connectivity index (χ3n) is 2.32. The van der Waals surface area contributed by atoms with Crippen molar-refractivity contribution in [1.29, 1.82) is 0 Å². The molecule has 0 fully saturated rings. The summed E-state index contributed by atoms with van der Waals surface area (Å²) >= 11 is 3.55. The van der Waals surface area contributed by atoms with E-state index in [2.05, 4.69) is 52.3 Å². The predicted octanol–water partition coefficient (Wildman–Crippen LogP) is 3.51. The Morgan fingerprint density at radius 2 is 2.20 bits per heavy atom. The summed E-state index contributed by atoms with van der Waals surface area (Å²) in [6.07, 6.45) is 7.07. The van der Waals surface area contributed by atoms with Crippen LogP contribution in [-0.4, -0.2) is 6.54 Å². The molecule has 1 aromatic rings. The minimum atomic E-state index is 0.360. The summed E-state index contributed by atoms with van der Waals surface area (Å²) in [5.41, 5.74) is 1.29. The molecule has 0 aromatic heterocycles. The lowest BCUT2D eigenvalue weighted by atomic mass is 10.1. The van der Waals surface area contributed by atoms with Crippen molar-refractivity contribution in [3.63, 3.8) is 0 Å². The number of terminal acetylenes is 1. The largest absolute Gasteiger partial charge is 0.310 e. The first-order chi connectivity index (χ1) is 7.25. The van der Waals surface area contributed by atoms with Gasteiger partial charge in [-0.1, -0.05) is 34.1 Å². The van der Waals surface area contributed by atoms with E-state index in [1.807, 2.05) is 6.07 Å². The molecule has 0 spiro atoms. The van der Waals surface area contributed by atoms with E-state index in [1.54, 1.807) is 0 Å². The highest BCUT2D eigenvalue weighted by molar-refractivity contribution is 9.10. The van der Waals surface area contributed by atoms with E-state index in [1.165, 1.54) is 5.56 Å². The van der Waals surface area contributed by atoms with E-state index >= 15 is 0 Å². The monoisotopic (exact) mass is 265 g/mol. The van der Waals surface area contributed by atoms with Crippen LogP contribution in [0.1, 0.15) is 31.4 Å². The highest BCUT2D eigenvalue weighted by atomic mass is 79.9. The molecule has 80 valence electrons. The summed E-state index contributed by atoms with van der Waals surface area (Å²) in [6, 6.07) is 8.63. The molecule has 1 nitrogen and oxygen atoms in total. The van der Waals surface area contributed by atoms with Crippen molar-refractivity contribution in [2.75, 3.05) is 6.54 Å². The van der Waals surface area contributed by atoms with Crippen LogP contribution in [0.4, 0.5) is 0 Å². The SMILES string of the molecule is C#CCCCN[C@H](C)c1ccccc1Br. The lowest BCUT2D eigenvalue weighted by Crippen LogP contribution is -2.20. The fourth-order valence-corrected chi connectivity index (χ4v) is 2.07. The van der Waals surface area contributed by atoms with Crippen LogP contribution in [-0.2, 0) is 0 Å². The Balaban J connectivity index is 2.44. The fourth-order valence-electron chi connectivity index (χ4n) is 1.45. The molecule has 0 heterocycles. The lowest BCUT2D eigenvalue weighted by Gasteiger charge is -2.15. The second-order valence-corrected chi connectivity index (χ2v) is 4.36. The quantitative estimate of drug-likeness (QED) is 0.635. The number of rotatable bonds is 5. The van der Waals surface area contributed by atoms with Gasteiger partial charge in [-0.2, -0.15) is 0 Å². The smallest absolute Gasteiger partial charge is 0.0302 e. The number of hydrogen-bond acceptors (Lipinski definition) is 1. The maximum atomic E-state index is 5.20. The molecule has 0 saturated carbocycles. The van der Waals surface area contributed by atoms with E-state index in [0.717, 1.165) is 23.9 Å². The van der Waals surface area contributed by atoms with Gasteiger partial charge in [0, 0.05) is 16.9 Å². The van der Waals surface area contributed by atoms with Crippen molar-refractivity contribution in [3.8, 4) is 12.3 Å². The Morgan fingerprint density at radius 1 is 1.47 bits per heavy atom. The molecule has 1 atom stereocenters. The average molecular weight is 266 g/mol. The summed E-state index contributed by atoms with van der Waals surface area (Å²) in [4.78, 5) is 0. The van der Waals surface area contributed by atoms with Crippen LogP contribution in [0.15, 0.2) is 28.7 Å². The minimum Gasteiger partial charge on any atom is -0.310 e. The molecule has 0 aliphatic carbocycles. The first-order valence-electron chi connectivity index (χ1n) is 5.17. The van der Waals surface area contributed by atoms with Crippen LogP contribution in [0, 0.1) is 12.3 Å². The third kappa shape index (κ3) is 4.07. The molecular weight excluding hydrogens is 250 g/mol. The Labute approximate surface area is 100 Å². The van der Waals surface area contributed by atoms with Crippen molar-refractivity contribution < 1.29 is 0 Å². The second-order valence-electron chi connectivity index (χ2n) is 3.51. The molecule has 15 heavy (non-hydrogen) atoms. The van der Waals surface area contributed by atoms with Crippen LogP contribution in [0.2, 0.25) is 0 Å². The van der Waals surface area contributed by atoms with Crippen molar-refractivity contribution in [2.45, 2.75) is 25.8 Å². The van der Waals surface area contributed by atoms with Gasteiger partial charge in [0.2, 0.25) is 0 Å². The van der Waals surface area contributed by atoms with Crippen LogP contribution >= 0.6 is 15.9 Å². The van der Waals surface area contributed by atoms with Gasteiger partial charge in [0.25, 0.3) is 0 Å². The Bertz CT molecular complexity index is 341. The second kappa shape index (κ2) is 6.66. The zero-order chi connectivity index (χ0) is 11.1. The fraction of sp³-hybridized carbons (Fsp3) is 0.385. The first-order valence-corrected chi connectivity index (χ1v) is 5.96. The molecule has 0 unspecified atom stereocenters. The van der Waals surface area contributed by atoms with Crippen LogP contribution in [0.25, 0.3) is 0 Å². The predicted molar refractivity (Wildman–Crippen MR) is 68.6 cm³/mol. The van der Waals surface area contributed by atoms with E-state index in [-0.39, 0.29) is 0 Å². The number of halogens is 1. The molecule has 0 aliphatic heterocycles. The van der Waals surface area contributed by atoms with Gasteiger partial charge in [-0.15, -0.1) is 12.3 Å². The van der Waals surface area contributed by atoms with Gasteiger partial charge in [-0.3, -0.25) is 0 Å². The first kappa shape index (κ1) is 12.3. The summed E-state index contributed by atoms with van der Waals surface area (Å²) in [6.45, 7) is 3.13. The van der Waals surface area contributed by atoms with E-state index in [0.29, 0.717) is 6.04 Å². The Morgan fingerprint density at radius 3 is 2.87 bits per heavy atom. The molecule has 0 bridgehead atoms. The Hall–Kier alpha value is -0.780. The zero-order valence-electron chi connectivity index (χ0n) is 8.96. The van der Waals surface area contributed by atoms with Gasteiger partial charge in [0.1, 0.15) is 0 Å². The van der Waals surface area contributed by atoms with Gasteiger partial charge < -0.3 is 5.32 Å². The maximum Gasteiger partial charge on any atom is 0.0302 e. The van der Waals surface area contributed by atoms with Crippen LogP contribution in [0.3, 0.4) is 0 Å². The number of hydrogen-bond donors (Lipinski definition) is 1. The number of benzene rings is 1. The van der Waals surface area contributed by atoms with E-state index in [9.17, 15) is 0 Å². The molecule has 0 amide bonds. The van der Waals surface area contributed by atoms with Gasteiger partial charge in [-0.25, -0.2) is 0 Å². The summed E-state index contributed by atoms with van der Waals surface area (Å²) < 4.78 is 1.15. The van der Waals surface area contributed by atoms with E-state index in [4.69, 9.17) is 6.42 Å². The van der Waals surface area contributed by atoms with Gasteiger partial charge >= 0.3 is 0 Å². The number of unbranched alkanes of at least 4 members (excludes halogenated alkanes) is 1. The third-order valence-corrected chi connectivity index (χ3v) is 3.04. The summed E-state index contributed by atoms with van der Waals surface area (Å²) in [7, 11) is 0. The van der Waals surface area contributed by atoms with Crippen molar-refractivity contribution in [3.05, 3.63) is 34.3 Å². The molecule has 0 radical (unpaired) electrons. The van der Waals surface area contributed by atoms with E-state index < -0.39 is 0 Å². The van der Waals surface area contributed by atoms with Crippen molar-refractivity contribution >= 4 is 15.9 Å². The van der Waals surface area contributed by atoms with Gasteiger partial charge in [-0.05, 0) is 31.5 Å². The molecular formula is C13H16BrN. The molecule has 1 rings (SSSR count). The van der Waals surface area contributed by atoms with Crippen molar-refractivity contribution in [2.24, 2.45) is 0 Å². The van der Waals surface area contributed by atoms with Crippen LogP contribution < -0.4 is 5.32 Å². The molecule has 2 heteroatoms. The lowest BCUT2D eigenvalue weighted by molar-refractivity contribution is 0.561. The van der Waals surface area contributed by atoms with Gasteiger partial charge in [0.15, 0.2) is 0 Å². The summed E-state index contributed by atoms with van der Waals surface area (Å²) in [5, 5.41) is 3.45. The highest BCUT2D eigenvalue weighted by Crippen LogP contribution is 2.22. The molecule has 1 N–H and O–H groups in total. The molecule has 0 saturated heterocycles. The topological polar surface area (TPSA) is 12.0 Å². The molecule has 1 aromatic carbocycles. The number of nitrogens with one attached hydrogen (secondary N) is 1. The Kier molecular flexibility index (Phi) is 5.45. The normalized spacial score (nSPS) is 12.1.